The Hall–Kier alpha value is -2.99. The normalized spacial score (nSPS) is 15.6. The Morgan fingerprint density at radius 1 is 0.600 bits per heavy atom. The average molecular weight is 720 g/mol. The Balaban J connectivity index is 0.000000489. The second-order valence-electron chi connectivity index (χ2n) is 9.51. The fraction of sp³-hybridized carbons (Fsp3) is 0.273. The largest absolute Gasteiger partial charge is 2.00 e. The predicted molar refractivity (Wildman–Crippen MR) is 166 cm³/mol. The molecule has 5 aromatic rings. The van der Waals surface area contributed by atoms with Gasteiger partial charge < -0.3 is 22.4 Å². The quantitative estimate of drug-likeness (QED) is 0.170. The van der Waals surface area contributed by atoms with Crippen molar-refractivity contribution >= 4 is 21.8 Å². The third-order valence-electron chi connectivity index (χ3n) is 6.56. The molecule has 1 saturated carbocycles. The second kappa shape index (κ2) is 17.6. The van der Waals surface area contributed by atoms with Crippen molar-refractivity contribution in [3.8, 4) is 22.3 Å². The van der Waals surface area contributed by atoms with E-state index in [0.29, 0.717) is 0 Å². The van der Waals surface area contributed by atoms with Gasteiger partial charge in [-0.25, -0.2) is 0 Å². The van der Waals surface area contributed by atoms with Crippen LogP contribution in [0.1, 0.15) is 46.0 Å². The summed E-state index contributed by atoms with van der Waals surface area (Å²) in [6.45, 7) is 4.25. The van der Waals surface area contributed by atoms with Gasteiger partial charge in [0.05, 0.1) is 11.0 Å². The Kier molecular flexibility index (Phi) is 15.5. The fourth-order valence-corrected chi connectivity index (χ4v) is 4.70. The summed E-state index contributed by atoms with van der Waals surface area (Å²) < 4.78 is 0. The predicted octanol–water partition coefficient (Wildman–Crippen LogP) is 8.28. The fourth-order valence-electron chi connectivity index (χ4n) is 4.70. The number of fused-ring (bicyclic) bond motifs is 3. The van der Waals surface area contributed by atoms with E-state index in [2.05, 4.69) is 96.6 Å². The molecule has 214 valence electrons. The molecule has 0 bridgehead atoms. The molecule has 0 aliphatic heterocycles. The van der Waals surface area contributed by atoms with Gasteiger partial charge in [0.25, 0.3) is 0 Å². The molecular formula is C33H40N4O2Pt. The van der Waals surface area contributed by atoms with E-state index in [1.165, 1.54) is 41.5 Å². The number of hydrogen-bond acceptors (Lipinski definition) is 2. The molecule has 6 nitrogen and oxygen atoms in total. The zero-order chi connectivity index (χ0) is 26.0. The Morgan fingerprint density at radius 2 is 0.950 bits per heavy atom. The Bertz CT molecular complexity index is 1310. The smallest absolute Gasteiger partial charge is 0.676 e. The van der Waals surface area contributed by atoms with Gasteiger partial charge in [0.2, 0.25) is 0 Å². The molecule has 1 aliphatic carbocycles. The minimum absolute atomic E-state index is 0. The van der Waals surface area contributed by atoms with Crippen LogP contribution >= 0.6 is 0 Å². The maximum Gasteiger partial charge on any atom is 2.00 e. The molecule has 0 spiro atoms. The number of hydrogen-bond donors (Lipinski definition) is 0. The summed E-state index contributed by atoms with van der Waals surface area (Å²) in [5, 5.41) is 2.26. The maximum absolute atomic E-state index is 7.29. The number of pyridine rings is 2. The van der Waals surface area contributed by atoms with Gasteiger partial charge in [-0.1, -0.05) is 119 Å². The van der Waals surface area contributed by atoms with Gasteiger partial charge in [0, 0.05) is 23.2 Å². The molecule has 2 heterocycles. The molecule has 6 rings (SSSR count). The molecule has 0 amide bonds. The van der Waals surface area contributed by atoms with Crippen molar-refractivity contribution in [3.05, 3.63) is 109 Å². The van der Waals surface area contributed by atoms with Crippen LogP contribution in [-0.4, -0.2) is 33.0 Å². The van der Waals surface area contributed by atoms with Crippen molar-refractivity contribution < 1.29 is 32.0 Å². The maximum atomic E-state index is 7.29. The molecule has 2 unspecified atom stereocenters. The molecule has 2 aromatic heterocycles. The van der Waals surface area contributed by atoms with Crippen LogP contribution in [0.25, 0.3) is 55.5 Å². The van der Waals surface area contributed by atoms with Crippen LogP contribution in [0, 0.1) is 0 Å². The number of nitrogens with zero attached hydrogens (tertiary/aromatic N) is 2. The van der Waals surface area contributed by atoms with Gasteiger partial charge in [-0.15, -0.1) is 0 Å². The first-order valence-electron chi connectivity index (χ1n) is 13.3. The van der Waals surface area contributed by atoms with Crippen LogP contribution in [0.3, 0.4) is 0 Å². The molecule has 7 heteroatoms. The average Bonchev–Trinajstić information content (AvgIpc) is 2.95. The van der Waals surface area contributed by atoms with Crippen molar-refractivity contribution in [2.24, 2.45) is 0 Å². The summed E-state index contributed by atoms with van der Waals surface area (Å²) in [5.41, 5.74) is 21.2. The van der Waals surface area contributed by atoms with Gasteiger partial charge in [-0.3, -0.25) is 9.97 Å². The topological polar surface area (TPSA) is 136 Å². The molecule has 40 heavy (non-hydrogen) atoms. The van der Waals surface area contributed by atoms with Gasteiger partial charge in [0.15, 0.2) is 0 Å². The van der Waals surface area contributed by atoms with Crippen LogP contribution in [0.4, 0.5) is 0 Å². The Labute approximate surface area is 252 Å². The monoisotopic (exact) mass is 719 g/mol. The first-order chi connectivity index (χ1) is 18.1. The minimum atomic E-state index is -0.0799. The number of benzene rings is 3. The van der Waals surface area contributed by atoms with Crippen LogP contribution in [-0.2, 0) is 21.1 Å². The van der Waals surface area contributed by atoms with E-state index in [9.17, 15) is 0 Å². The van der Waals surface area contributed by atoms with Crippen molar-refractivity contribution in [1.82, 2.24) is 9.97 Å². The van der Waals surface area contributed by atoms with Crippen LogP contribution in [0.2, 0.25) is 0 Å². The second-order valence-corrected chi connectivity index (χ2v) is 9.51. The molecule has 0 saturated heterocycles. The molecule has 1 aliphatic rings. The first-order valence-corrected chi connectivity index (χ1v) is 13.3. The van der Waals surface area contributed by atoms with Gasteiger partial charge in [0.1, 0.15) is 0 Å². The van der Waals surface area contributed by atoms with E-state index >= 15 is 0 Å². The number of rotatable bonds is 2. The molecule has 2 atom stereocenters. The van der Waals surface area contributed by atoms with Crippen LogP contribution in [0.15, 0.2) is 97.3 Å². The summed E-state index contributed by atoms with van der Waals surface area (Å²) in [5.74, 6) is 0. The summed E-state index contributed by atoms with van der Waals surface area (Å²) in [6, 6.07) is 29.2. The van der Waals surface area contributed by atoms with Crippen molar-refractivity contribution in [2.75, 3.05) is 0 Å². The third kappa shape index (κ3) is 8.50. The number of nitrogens with one attached hydrogen (secondary N) is 2. The zero-order valence-electron chi connectivity index (χ0n) is 23.1. The van der Waals surface area contributed by atoms with Crippen molar-refractivity contribution in [3.63, 3.8) is 0 Å². The first kappa shape index (κ1) is 35.0. The minimum Gasteiger partial charge on any atom is -0.676 e. The SMILES string of the molecule is CCC.O.O.[NH-]C1CCCCC1[NH-].[Pt+2].c1ccc(-c2ccnc3c2ccc2c(-c4ccccc4)ccnc23)cc1. The van der Waals surface area contributed by atoms with Gasteiger partial charge >= 0.3 is 21.1 Å². The molecule has 3 aromatic carbocycles. The van der Waals surface area contributed by atoms with Crippen molar-refractivity contribution in [2.45, 2.75) is 58.0 Å². The van der Waals surface area contributed by atoms with E-state index in [1.807, 2.05) is 24.5 Å². The summed E-state index contributed by atoms with van der Waals surface area (Å²) in [7, 11) is 0. The molecule has 1 fully saturated rings. The van der Waals surface area contributed by atoms with Crippen LogP contribution < -0.4 is 0 Å². The summed E-state index contributed by atoms with van der Waals surface area (Å²) in [4.78, 5) is 9.34. The zero-order valence-corrected chi connectivity index (χ0v) is 25.4. The van der Waals surface area contributed by atoms with E-state index in [4.69, 9.17) is 11.5 Å². The van der Waals surface area contributed by atoms with E-state index in [0.717, 1.165) is 34.6 Å². The summed E-state index contributed by atoms with van der Waals surface area (Å²) in [6.07, 6.45) is 9.25. The third-order valence-corrected chi connectivity index (χ3v) is 6.56. The summed E-state index contributed by atoms with van der Waals surface area (Å²) >= 11 is 0. The van der Waals surface area contributed by atoms with Crippen molar-refractivity contribution in [1.29, 1.82) is 0 Å². The standard InChI is InChI=1S/C24H16N2.C6H12N2.C3H8.2H2O.Pt/c1-3-7-17(8-4-1)19-13-15-25-23-21(19)11-12-22-20(14-16-26-24(22)23)18-9-5-2-6-10-18;7-5-3-1-2-4-6(5)8;1-3-2;;;/h1-16H;5-8H,1-4H2;3H2,1-2H3;2*1H2;/q;-2;;;;+2. The van der Waals surface area contributed by atoms with Gasteiger partial charge in [-0.05, 0) is 34.4 Å². The molecular weight excluding hydrogens is 679 g/mol. The van der Waals surface area contributed by atoms with E-state index < -0.39 is 0 Å². The van der Waals surface area contributed by atoms with E-state index in [1.54, 1.807) is 0 Å². The molecule has 6 N–H and O–H groups in total. The number of aromatic nitrogens is 2. The van der Waals surface area contributed by atoms with E-state index in [-0.39, 0.29) is 44.1 Å². The Morgan fingerprint density at radius 3 is 1.27 bits per heavy atom. The van der Waals surface area contributed by atoms with Gasteiger partial charge in [-0.2, -0.15) is 12.1 Å². The molecule has 0 radical (unpaired) electrons. The van der Waals surface area contributed by atoms with Crippen LogP contribution in [0.5, 0.6) is 0 Å².